The van der Waals surface area contributed by atoms with Crippen LogP contribution >= 0.6 is 11.6 Å². The first kappa shape index (κ1) is 18.3. The average Bonchev–Trinajstić information content (AvgIpc) is 2.85. The second kappa shape index (κ2) is 6.49. The molecule has 1 fully saturated rings. The Morgan fingerprint density at radius 2 is 1.86 bits per heavy atom. The van der Waals surface area contributed by atoms with Crippen molar-refractivity contribution in [3.8, 4) is 0 Å². The molecule has 1 aliphatic rings. The molecule has 0 aliphatic carbocycles. The number of hydrogen-bond donors (Lipinski definition) is 1. The summed E-state index contributed by atoms with van der Waals surface area (Å²) in [5.41, 5.74) is 0.608. The molecule has 4 rings (SSSR count). The fourth-order valence-corrected chi connectivity index (χ4v) is 3.85. The van der Waals surface area contributed by atoms with Crippen LogP contribution in [0.25, 0.3) is 11.0 Å². The van der Waals surface area contributed by atoms with Gasteiger partial charge in [-0.25, -0.2) is 9.59 Å². The van der Waals surface area contributed by atoms with Gasteiger partial charge in [0.05, 0.1) is 6.54 Å². The van der Waals surface area contributed by atoms with Crippen LogP contribution in [0.3, 0.4) is 0 Å². The topological polar surface area (TPSA) is 79.6 Å². The molecular formula is C21H17ClN2O4. The van der Waals surface area contributed by atoms with Crippen molar-refractivity contribution in [2.75, 3.05) is 0 Å². The molecule has 28 heavy (non-hydrogen) atoms. The molecule has 1 aliphatic heterocycles. The van der Waals surface area contributed by atoms with Crippen LogP contribution in [0.15, 0.2) is 57.7 Å². The molecule has 6 nitrogen and oxygen atoms in total. The van der Waals surface area contributed by atoms with Gasteiger partial charge in [-0.1, -0.05) is 41.9 Å². The van der Waals surface area contributed by atoms with E-state index in [2.05, 4.69) is 5.32 Å². The molecular weight excluding hydrogens is 380 g/mol. The molecule has 0 saturated carbocycles. The molecule has 1 aromatic heterocycles. The Hall–Kier alpha value is -3.12. The number of amides is 3. The molecule has 1 N–H and O–H groups in total. The SMILES string of the molecule is Cc1ccc2c(CN3C(=O)N[C@](C)(c4ccccc4Cl)C3=O)cc(=O)oc2c1. The van der Waals surface area contributed by atoms with Crippen LogP contribution in [0.4, 0.5) is 4.79 Å². The van der Waals surface area contributed by atoms with Crippen LogP contribution < -0.4 is 10.9 Å². The van der Waals surface area contributed by atoms with Gasteiger partial charge in [0, 0.05) is 22.0 Å². The van der Waals surface area contributed by atoms with Crippen molar-refractivity contribution in [1.29, 1.82) is 0 Å². The van der Waals surface area contributed by atoms with Gasteiger partial charge in [0.2, 0.25) is 0 Å². The minimum Gasteiger partial charge on any atom is -0.423 e. The summed E-state index contributed by atoms with van der Waals surface area (Å²) >= 11 is 6.25. The monoisotopic (exact) mass is 396 g/mol. The first-order valence-corrected chi connectivity index (χ1v) is 9.10. The van der Waals surface area contributed by atoms with Crippen LogP contribution in [-0.2, 0) is 16.9 Å². The maximum atomic E-state index is 13.2. The normalized spacial score (nSPS) is 19.3. The highest BCUT2D eigenvalue weighted by molar-refractivity contribution is 6.32. The number of carbonyl (C=O) groups is 2. The quantitative estimate of drug-likeness (QED) is 0.540. The summed E-state index contributed by atoms with van der Waals surface area (Å²) < 4.78 is 5.25. The Kier molecular flexibility index (Phi) is 4.23. The maximum absolute atomic E-state index is 13.2. The van der Waals surface area contributed by atoms with E-state index < -0.39 is 23.1 Å². The fraction of sp³-hybridized carbons (Fsp3) is 0.190. The standard InChI is InChI=1S/C21H17ClN2O4/c1-12-7-8-14-13(10-18(25)28-17(14)9-12)11-24-19(26)21(2,23-20(24)27)15-5-3-4-6-16(15)22/h3-10H,11H2,1-2H3,(H,23,27)/t21-/m1/s1. The zero-order valence-corrected chi connectivity index (χ0v) is 16.0. The summed E-state index contributed by atoms with van der Waals surface area (Å²) in [5.74, 6) is -0.431. The second-order valence-corrected chi connectivity index (χ2v) is 7.42. The van der Waals surface area contributed by atoms with Gasteiger partial charge in [-0.05, 0) is 37.1 Å². The smallest absolute Gasteiger partial charge is 0.336 e. The summed E-state index contributed by atoms with van der Waals surface area (Å²) in [7, 11) is 0. The minimum atomic E-state index is -1.28. The van der Waals surface area contributed by atoms with Crippen molar-refractivity contribution in [1.82, 2.24) is 10.2 Å². The van der Waals surface area contributed by atoms with Crippen LogP contribution in [0.1, 0.15) is 23.6 Å². The number of fused-ring (bicyclic) bond motifs is 1. The molecule has 2 heterocycles. The molecule has 1 saturated heterocycles. The van der Waals surface area contributed by atoms with Gasteiger partial charge in [0.1, 0.15) is 11.1 Å². The number of nitrogens with one attached hydrogen (secondary N) is 1. The van der Waals surface area contributed by atoms with Crippen molar-refractivity contribution >= 4 is 34.5 Å². The largest absolute Gasteiger partial charge is 0.423 e. The van der Waals surface area contributed by atoms with Crippen LogP contribution in [0, 0.1) is 6.92 Å². The number of rotatable bonds is 3. The molecule has 0 unspecified atom stereocenters. The molecule has 0 radical (unpaired) electrons. The first-order chi connectivity index (χ1) is 13.3. The number of aryl methyl sites for hydroxylation is 1. The predicted octanol–water partition coefficient (Wildman–Crippen LogP) is 3.72. The fourth-order valence-electron chi connectivity index (χ4n) is 3.53. The Morgan fingerprint density at radius 1 is 1.11 bits per heavy atom. The lowest BCUT2D eigenvalue weighted by molar-refractivity contribution is -0.131. The van der Waals surface area contributed by atoms with E-state index in [1.165, 1.54) is 6.07 Å². The van der Waals surface area contributed by atoms with E-state index in [1.807, 2.05) is 19.1 Å². The Balaban J connectivity index is 1.75. The Bertz CT molecular complexity index is 1190. The third-order valence-corrected chi connectivity index (χ3v) is 5.33. The van der Waals surface area contributed by atoms with Gasteiger partial charge < -0.3 is 9.73 Å². The number of hydrogen-bond acceptors (Lipinski definition) is 4. The van der Waals surface area contributed by atoms with E-state index in [4.69, 9.17) is 16.0 Å². The number of carbonyl (C=O) groups excluding carboxylic acids is 2. The zero-order valence-electron chi connectivity index (χ0n) is 15.3. The summed E-state index contributed by atoms with van der Waals surface area (Å²) in [5, 5.41) is 3.80. The lowest BCUT2D eigenvalue weighted by Gasteiger charge is -2.23. The van der Waals surface area contributed by atoms with Gasteiger partial charge in [-0.15, -0.1) is 0 Å². The number of benzene rings is 2. The summed E-state index contributed by atoms with van der Waals surface area (Å²) in [6, 6.07) is 13.1. The van der Waals surface area contributed by atoms with Gasteiger partial charge in [-0.3, -0.25) is 9.69 Å². The zero-order chi connectivity index (χ0) is 20.1. The molecule has 2 aromatic carbocycles. The predicted molar refractivity (Wildman–Crippen MR) is 105 cm³/mol. The Labute approximate surface area is 165 Å². The van der Waals surface area contributed by atoms with Crippen molar-refractivity contribution in [3.05, 3.63) is 80.7 Å². The summed E-state index contributed by atoms with van der Waals surface area (Å²) in [4.78, 5) is 38.8. The molecule has 0 bridgehead atoms. The van der Waals surface area contributed by atoms with E-state index in [-0.39, 0.29) is 6.54 Å². The van der Waals surface area contributed by atoms with Crippen LogP contribution in [-0.4, -0.2) is 16.8 Å². The van der Waals surface area contributed by atoms with Crippen LogP contribution in [0.2, 0.25) is 5.02 Å². The molecule has 1 atom stereocenters. The average molecular weight is 397 g/mol. The summed E-state index contributed by atoms with van der Waals surface area (Å²) in [6.45, 7) is 3.46. The van der Waals surface area contributed by atoms with Crippen molar-refractivity contribution < 1.29 is 14.0 Å². The molecule has 7 heteroatoms. The molecule has 0 spiro atoms. The van der Waals surface area contributed by atoms with Crippen molar-refractivity contribution in [3.63, 3.8) is 0 Å². The molecule has 3 amide bonds. The number of urea groups is 1. The first-order valence-electron chi connectivity index (χ1n) is 8.72. The van der Waals surface area contributed by atoms with E-state index in [0.717, 1.165) is 10.5 Å². The lowest BCUT2D eigenvalue weighted by atomic mass is 9.92. The minimum absolute atomic E-state index is 0.0458. The maximum Gasteiger partial charge on any atom is 0.336 e. The highest BCUT2D eigenvalue weighted by atomic mass is 35.5. The Morgan fingerprint density at radius 3 is 2.61 bits per heavy atom. The number of nitrogens with zero attached hydrogens (tertiary/aromatic N) is 1. The lowest BCUT2D eigenvalue weighted by Crippen LogP contribution is -2.41. The molecule has 3 aromatic rings. The van der Waals surface area contributed by atoms with Gasteiger partial charge >= 0.3 is 11.7 Å². The van der Waals surface area contributed by atoms with Crippen LogP contribution in [0.5, 0.6) is 0 Å². The van der Waals surface area contributed by atoms with Crippen molar-refractivity contribution in [2.24, 2.45) is 0 Å². The summed E-state index contributed by atoms with van der Waals surface area (Å²) in [6.07, 6.45) is 0. The van der Waals surface area contributed by atoms with E-state index in [1.54, 1.807) is 37.3 Å². The van der Waals surface area contributed by atoms with Gasteiger partial charge in [0.25, 0.3) is 5.91 Å². The highest BCUT2D eigenvalue weighted by Gasteiger charge is 2.49. The second-order valence-electron chi connectivity index (χ2n) is 7.02. The number of imide groups is 1. The van der Waals surface area contributed by atoms with E-state index in [9.17, 15) is 14.4 Å². The van der Waals surface area contributed by atoms with E-state index >= 15 is 0 Å². The van der Waals surface area contributed by atoms with Crippen molar-refractivity contribution in [2.45, 2.75) is 25.9 Å². The number of halogens is 1. The third-order valence-electron chi connectivity index (χ3n) is 5.00. The van der Waals surface area contributed by atoms with Gasteiger partial charge in [-0.2, -0.15) is 0 Å². The third kappa shape index (κ3) is 2.86. The molecule has 142 valence electrons. The van der Waals surface area contributed by atoms with E-state index in [0.29, 0.717) is 27.1 Å². The van der Waals surface area contributed by atoms with Gasteiger partial charge in [0.15, 0.2) is 0 Å². The highest BCUT2D eigenvalue weighted by Crippen LogP contribution is 2.34.